The number of non-ortho nitro benzene ring substituents is 1. The lowest BCUT2D eigenvalue weighted by Gasteiger charge is -2.36. The van der Waals surface area contributed by atoms with Gasteiger partial charge in [0.05, 0.1) is 22.4 Å². The van der Waals surface area contributed by atoms with E-state index in [2.05, 4.69) is 10.2 Å². The number of nitrogens with one attached hydrogen (secondary N) is 1. The molecule has 6 rings (SSSR count). The first-order valence-electron chi connectivity index (χ1n) is 11.5. The minimum absolute atomic E-state index is 0.189. The van der Waals surface area contributed by atoms with E-state index in [1.165, 1.54) is 12.1 Å². The van der Waals surface area contributed by atoms with Crippen LogP contribution in [0.15, 0.2) is 30.3 Å². The summed E-state index contributed by atoms with van der Waals surface area (Å²) in [6.45, 7) is 6.27. The van der Waals surface area contributed by atoms with Gasteiger partial charge in [0.1, 0.15) is 5.54 Å². The summed E-state index contributed by atoms with van der Waals surface area (Å²) >= 11 is 0. The van der Waals surface area contributed by atoms with Crippen LogP contribution >= 0.6 is 0 Å². The number of carbonyl (C=O) groups is 3. The van der Waals surface area contributed by atoms with Gasteiger partial charge in [-0.1, -0.05) is 18.2 Å². The molecule has 9 nitrogen and oxygen atoms in total. The topological polar surface area (TPSA) is 113 Å². The smallest absolute Gasteiger partial charge is 0.271 e. The zero-order valence-corrected chi connectivity index (χ0v) is 19.1. The SMILES string of the molecule is Cc1ccc([N+](=O)[O-])cc1N1C(=O)[C@@H]2[C@H]3CCCN3[C@]3(C(=O)Nc4c3ccc(C)c4C)[C@@H]2C1=O. The van der Waals surface area contributed by atoms with Gasteiger partial charge in [0.15, 0.2) is 0 Å². The highest BCUT2D eigenvalue weighted by Gasteiger charge is 2.74. The minimum atomic E-state index is -1.25. The number of anilines is 2. The van der Waals surface area contributed by atoms with Gasteiger partial charge in [0, 0.05) is 29.4 Å². The van der Waals surface area contributed by atoms with E-state index in [0.717, 1.165) is 40.1 Å². The number of nitrogens with zero attached hydrogens (tertiary/aromatic N) is 3. The molecule has 1 N–H and O–H groups in total. The van der Waals surface area contributed by atoms with E-state index in [1.807, 2.05) is 26.0 Å². The maximum Gasteiger partial charge on any atom is 0.271 e. The van der Waals surface area contributed by atoms with Crippen LogP contribution in [0.4, 0.5) is 17.1 Å². The Balaban J connectivity index is 1.56. The van der Waals surface area contributed by atoms with Crippen LogP contribution in [0.25, 0.3) is 0 Å². The van der Waals surface area contributed by atoms with Gasteiger partial charge in [-0.2, -0.15) is 0 Å². The molecule has 34 heavy (non-hydrogen) atoms. The van der Waals surface area contributed by atoms with Crippen LogP contribution in [0.1, 0.15) is 35.1 Å². The molecule has 4 heterocycles. The molecule has 9 heteroatoms. The zero-order valence-electron chi connectivity index (χ0n) is 19.1. The number of hydrogen-bond donors (Lipinski definition) is 1. The molecule has 1 spiro atoms. The van der Waals surface area contributed by atoms with Crippen LogP contribution in [0.5, 0.6) is 0 Å². The Kier molecular flexibility index (Phi) is 4.15. The number of amides is 3. The Morgan fingerprint density at radius 2 is 1.79 bits per heavy atom. The Morgan fingerprint density at radius 3 is 2.53 bits per heavy atom. The van der Waals surface area contributed by atoms with E-state index in [0.29, 0.717) is 12.1 Å². The van der Waals surface area contributed by atoms with Crippen molar-refractivity contribution in [2.75, 3.05) is 16.8 Å². The summed E-state index contributed by atoms with van der Waals surface area (Å²) in [7, 11) is 0. The quantitative estimate of drug-likeness (QED) is 0.419. The number of imide groups is 1. The maximum atomic E-state index is 14.1. The average Bonchev–Trinajstić information content (AvgIpc) is 3.50. The Bertz CT molecular complexity index is 1340. The first-order chi connectivity index (χ1) is 16.2. The van der Waals surface area contributed by atoms with Crippen molar-refractivity contribution in [1.82, 2.24) is 4.90 Å². The summed E-state index contributed by atoms with van der Waals surface area (Å²) < 4.78 is 0. The van der Waals surface area contributed by atoms with Crippen LogP contribution in [-0.2, 0) is 19.9 Å². The van der Waals surface area contributed by atoms with Gasteiger partial charge in [-0.15, -0.1) is 0 Å². The predicted octanol–water partition coefficient (Wildman–Crippen LogP) is 2.95. The van der Waals surface area contributed by atoms with Gasteiger partial charge in [-0.05, 0) is 56.8 Å². The highest BCUT2D eigenvalue weighted by molar-refractivity contribution is 6.26. The van der Waals surface area contributed by atoms with E-state index >= 15 is 0 Å². The highest BCUT2D eigenvalue weighted by atomic mass is 16.6. The molecule has 0 unspecified atom stereocenters. The highest BCUT2D eigenvalue weighted by Crippen LogP contribution is 2.61. The lowest BCUT2D eigenvalue weighted by atomic mass is 9.75. The van der Waals surface area contributed by atoms with Crippen molar-refractivity contribution in [3.8, 4) is 0 Å². The van der Waals surface area contributed by atoms with Gasteiger partial charge in [0.2, 0.25) is 17.7 Å². The second-order valence-electron chi connectivity index (χ2n) is 9.80. The van der Waals surface area contributed by atoms with Crippen molar-refractivity contribution >= 4 is 34.8 Å². The summed E-state index contributed by atoms with van der Waals surface area (Å²) in [4.78, 5) is 55.7. The first-order valence-corrected chi connectivity index (χ1v) is 11.5. The van der Waals surface area contributed by atoms with Crippen molar-refractivity contribution in [3.63, 3.8) is 0 Å². The lowest BCUT2D eigenvalue weighted by Crippen LogP contribution is -2.54. The van der Waals surface area contributed by atoms with Crippen molar-refractivity contribution in [1.29, 1.82) is 0 Å². The predicted molar refractivity (Wildman–Crippen MR) is 123 cm³/mol. The van der Waals surface area contributed by atoms with Crippen LogP contribution in [0, 0.1) is 42.7 Å². The Hall–Kier alpha value is -3.59. The van der Waals surface area contributed by atoms with Crippen molar-refractivity contribution < 1.29 is 19.3 Å². The standard InChI is InChI=1S/C25H24N4O5/c1-12-7-9-16-21(14(12)3)26-24(32)25(16)20-19(17-5-4-10-27(17)25)22(30)28(23(20)31)18-11-15(29(33)34)8-6-13(18)2/h6-9,11,17,19-20H,4-5,10H2,1-3H3,(H,26,32)/t17-,19-,20+,25+/m1/s1. The van der Waals surface area contributed by atoms with Crippen molar-refractivity contribution in [3.05, 3.63) is 62.7 Å². The van der Waals surface area contributed by atoms with Crippen molar-refractivity contribution in [2.45, 2.75) is 45.2 Å². The first kappa shape index (κ1) is 21.0. The van der Waals surface area contributed by atoms with Gasteiger partial charge >= 0.3 is 0 Å². The molecular weight excluding hydrogens is 436 g/mol. The van der Waals surface area contributed by atoms with E-state index in [1.54, 1.807) is 13.0 Å². The molecule has 2 aromatic rings. The zero-order chi connectivity index (χ0) is 24.1. The summed E-state index contributed by atoms with van der Waals surface area (Å²) in [5.41, 5.74) is 2.82. The fraction of sp³-hybridized carbons (Fsp3) is 0.400. The summed E-state index contributed by atoms with van der Waals surface area (Å²) in [5, 5.41) is 14.4. The normalized spacial score (nSPS) is 29.6. The number of hydrogen-bond acceptors (Lipinski definition) is 6. The van der Waals surface area contributed by atoms with Crippen LogP contribution in [-0.4, -0.2) is 40.1 Å². The third-order valence-corrected chi connectivity index (χ3v) is 8.34. The Morgan fingerprint density at radius 1 is 1.06 bits per heavy atom. The van der Waals surface area contributed by atoms with Gasteiger partial charge in [-0.3, -0.25) is 29.4 Å². The third kappa shape index (κ3) is 2.30. The summed E-state index contributed by atoms with van der Waals surface area (Å²) in [6, 6.07) is 7.82. The summed E-state index contributed by atoms with van der Waals surface area (Å²) in [5.74, 6) is -2.67. The molecule has 3 fully saturated rings. The van der Waals surface area contributed by atoms with Gasteiger partial charge in [-0.25, -0.2) is 4.90 Å². The number of nitro benzene ring substituents is 1. The molecule has 0 bridgehead atoms. The van der Waals surface area contributed by atoms with E-state index in [4.69, 9.17) is 0 Å². The molecule has 2 aromatic carbocycles. The molecular formula is C25H24N4O5. The number of carbonyl (C=O) groups excluding carboxylic acids is 3. The summed E-state index contributed by atoms with van der Waals surface area (Å²) in [6.07, 6.45) is 1.55. The minimum Gasteiger partial charge on any atom is -0.324 e. The molecule has 0 saturated carbocycles. The van der Waals surface area contributed by atoms with Gasteiger partial charge < -0.3 is 5.32 Å². The molecule has 3 saturated heterocycles. The fourth-order valence-electron chi connectivity index (χ4n) is 6.71. The molecule has 3 amide bonds. The lowest BCUT2D eigenvalue weighted by molar-refractivity contribution is -0.384. The molecule has 0 aromatic heterocycles. The monoisotopic (exact) mass is 460 g/mol. The fourth-order valence-corrected chi connectivity index (χ4v) is 6.71. The number of nitro groups is 1. The molecule has 0 aliphatic carbocycles. The number of aryl methyl sites for hydroxylation is 2. The van der Waals surface area contributed by atoms with Crippen LogP contribution < -0.4 is 10.2 Å². The Labute approximate surface area is 195 Å². The molecule has 4 aliphatic rings. The van der Waals surface area contributed by atoms with Crippen LogP contribution in [0.2, 0.25) is 0 Å². The molecule has 4 atom stereocenters. The van der Waals surface area contributed by atoms with E-state index in [-0.39, 0.29) is 29.2 Å². The van der Waals surface area contributed by atoms with Crippen LogP contribution in [0.3, 0.4) is 0 Å². The third-order valence-electron chi connectivity index (χ3n) is 8.34. The largest absolute Gasteiger partial charge is 0.324 e. The van der Waals surface area contributed by atoms with E-state index < -0.39 is 28.2 Å². The van der Waals surface area contributed by atoms with E-state index in [9.17, 15) is 24.5 Å². The molecule has 4 aliphatic heterocycles. The van der Waals surface area contributed by atoms with Gasteiger partial charge in [0.25, 0.3) is 5.69 Å². The second kappa shape index (κ2) is 6.73. The maximum absolute atomic E-state index is 14.1. The number of rotatable bonds is 2. The second-order valence-corrected chi connectivity index (χ2v) is 9.80. The average molecular weight is 460 g/mol. The molecule has 0 radical (unpaired) electrons. The number of fused-ring (bicyclic) bond motifs is 7. The number of benzene rings is 2. The molecule has 174 valence electrons. The van der Waals surface area contributed by atoms with Crippen molar-refractivity contribution in [2.24, 2.45) is 11.8 Å².